The molecule has 0 radical (unpaired) electrons. The van der Waals surface area contributed by atoms with E-state index in [0.29, 0.717) is 25.2 Å². The number of amides is 3. The third kappa shape index (κ3) is 6.30. The lowest BCUT2D eigenvalue weighted by Crippen LogP contribution is -2.35. The molecule has 0 aliphatic carbocycles. The zero-order chi connectivity index (χ0) is 18.1. The van der Waals surface area contributed by atoms with E-state index in [0.717, 1.165) is 23.1 Å². The van der Waals surface area contributed by atoms with Gasteiger partial charge in [-0.25, -0.2) is 4.79 Å². The number of nitrogens with one attached hydrogen (secondary N) is 3. The van der Waals surface area contributed by atoms with Gasteiger partial charge < -0.3 is 16.0 Å². The number of rotatable bonds is 7. The fourth-order valence-corrected chi connectivity index (χ4v) is 2.32. The first-order chi connectivity index (χ1) is 12.1. The Morgan fingerprint density at radius 3 is 2.16 bits per heavy atom. The van der Waals surface area contributed by atoms with E-state index in [4.69, 9.17) is 0 Å². The van der Waals surface area contributed by atoms with Crippen LogP contribution in [-0.4, -0.2) is 18.5 Å². The fraction of sp³-hybridized carbons (Fsp3) is 0.300. The molecule has 132 valence electrons. The van der Waals surface area contributed by atoms with Crippen LogP contribution in [0.5, 0.6) is 0 Å². The minimum atomic E-state index is -0.167. The van der Waals surface area contributed by atoms with Crippen LogP contribution in [0.25, 0.3) is 0 Å². The number of aryl methyl sites for hydroxylation is 1. The van der Waals surface area contributed by atoms with E-state index in [1.807, 2.05) is 62.4 Å². The first kappa shape index (κ1) is 18.5. The summed E-state index contributed by atoms with van der Waals surface area (Å²) in [5, 5.41) is 8.51. The fourth-order valence-electron chi connectivity index (χ4n) is 2.32. The number of carbonyl (C=O) groups excluding carboxylic acids is 2. The van der Waals surface area contributed by atoms with Gasteiger partial charge in [0.25, 0.3) is 5.91 Å². The summed E-state index contributed by atoms with van der Waals surface area (Å²) in [6, 6.07) is 15.1. The largest absolute Gasteiger partial charge is 0.348 e. The molecule has 0 saturated carbocycles. The van der Waals surface area contributed by atoms with Crippen molar-refractivity contribution < 1.29 is 9.59 Å². The number of hydrogen-bond acceptors (Lipinski definition) is 2. The monoisotopic (exact) mass is 339 g/mol. The van der Waals surface area contributed by atoms with Crippen molar-refractivity contribution in [1.82, 2.24) is 16.0 Å². The molecule has 0 atom stereocenters. The predicted molar refractivity (Wildman–Crippen MR) is 99.3 cm³/mol. The van der Waals surface area contributed by atoms with Gasteiger partial charge in [0.15, 0.2) is 0 Å². The maximum Gasteiger partial charge on any atom is 0.315 e. The highest BCUT2D eigenvalue weighted by molar-refractivity contribution is 5.94. The van der Waals surface area contributed by atoms with Gasteiger partial charge in [0.05, 0.1) is 0 Å². The lowest BCUT2D eigenvalue weighted by molar-refractivity contribution is 0.0951. The molecule has 0 unspecified atom stereocenters. The van der Waals surface area contributed by atoms with Crippen molar-refractivity contribution >= 4 is 11.9 Å². The molecule has 5 nitrogen and oxygen atoms in total. The minimum absolute atomic E-state index is 0.0949. The molecule has 2 aromatic carbocycles. The highest BCUT2D eigenvalue weighted by Crippen LogP contribution is 2.07. The van der Waals surface area contributed by atoms with Crippen molar-refractivity contribution in [3.8, 4) is 0 Å². The van der Waals surface area contributed by atoms with E-state index < -0.39 is 0 Å². The first-order valence-electron chi connectivity index (χ1n) is 8.53. The normalized spacial score (nSPS) is 10.2. The number of hydrogen-bond donors (Lipinski definition) is 3. The summed E-state index contributed by atoms with van der Waals surface area (Å²) >= 11 is 0. The van der Waals surface area contributed by atoms with Gasteiger partial charge in [-0.05, 0) is 36.6 Å². The molecule has 0 fully saturated rings. The van der Waals surface area contributed by atoms with Crippen LogP contribution in [0.15, 0.2) is 48.5 Å². The van der Waals surface area contributed by atoms with Crippen LogP contribution < -0.4 is 16.0 Å². The molecule has 0 aliphatic heterocycles. The summed E-state index contributed by atoms with van der Waals surface area (Å²) in [6.45, 7) is 5.56. The molecular formula is C20H25N3O2. The van der Waals surface area contributed by atoms with Crippen molar-refractivity contribution in [3.05, 3.63) is 70.8 Å². The minimum Gasteiger partial charge on any atom is -0.348 e. The molecule has 2 rings (SSSR count). The van der Waals surface area contributed by atoms with Crippen LogP contribution in [0.1, 0.15) is 40.4 Å². The molecule has 5 heteroatoms. The van der Waals surface area contributed by atoms with Crippen LogP contribution in [0.2, 0.25) is 0 Å². The Bertz CT molecular complexity index is 711. The standard InChI is InChI=1S/C20H25N3O2/c1-3-11-21-20(25)23-14-17-6-4-5-16(12-17)13-22-19(24)18-9-7-15(2)8-10-18/h4-10,12H,3,11,13-14H2,1-2H3,(H,22,24)(H2,21,23,25). The highest BCUT2D eigenvalue weighted by atomic mass is 16.2. The number of carbonyl (C=O) groups is 2. The average Bonchev–Trinajstić information content (AvgIpc) is 2.63. The van der Waals surface area contributed by atoms with Gasteiger partial charge in [-0.2, -0.15) is 0 Å². The zero-order valence-electron chi connectivity index (χ0n) is 14.8. The number of benzene rings is 2. The lowest BCUT2D eigenvalue weighted by Gasteiger charge is -2.09. The van der Waals surface area contributed by atoms with E-state index in [1.165, 1.54) is 0 Å². The van der Waals surface area contributed by atoms with Crippen LogP contribution >= 0.6 is 0 Å². The molecule has 0 saturated heterocycles. The number of urea groups is 1. The predicted octanol–water partition coefficient (Wildman–Crippen LogP) is 3.13. The smallest absolute Gasteiger partial charge is 0.315 e. The first-order valence-corrected chi connectivity index (χ1v) is 8.53. The second-order valence-corrected chi connectivity index (χ2v) is 5.98. The molecule has 0 bridgehead atoms. The summed E-state index contributed by atoms with van der Waals surface area (Å²) in [7, 11) is 0. The Balaban J connectivity index is 1.85. The van der Waals surface area contributed by atoms with Crippen LogP contribution in [0.4, 0.5) is 4.79 Å². The molecular weight excluding hydrogens is 314 g/mol. The summed E-state index contributed by atoms with van der Waals surface area (Å²) in [6.07, 6.45) is 0.906. The van der Waals surface area contributed by atoms with Crippen molar-refractivity contribution in [1.29, 1.82) is 0 Å². The molecule has 3 amide bonds. The lowest BCUT2D eigenvalue weighted by atomic mass is 10.1. The van der Waals surface area contributed by atoms with Crippen LogP contribution in [0.3, 0.4) is 0 Å². The Morgan fingerprint density at radius 1 is 0.880 bits per heavy atom. The SMILES string of the molecule is CCCNC(=O)NCc1cccc(CNC(=O)c2ccc(C)cc2)c1. The molecule has 0 heterocycles. The Labute approximate surface area is 148 Å². The molecule has 3 N–H and O–H groups in total. The van der Waals surface area contributed by atoms with E-state index in [1.54, 1.807) is 0 Å². The average molecular weight is 339 g/mol. The molecule has 0 spiro atoms. The Morgan fingerprint density at radius 2 is 1.52 bits per heavy atom. The van der Waals surface area contributed by atoms with Crippen molar-refractivity contribution in [2.45, 2.75) is 33.4 Å². The van der Waals surface area contributed by atoms with Gasteiger partial charge in [-0.1, -0.05) is 48.9 Å². The Hall–Kier alpha value is -2.82. The second kappa shape index (κ2) is 9.47. The van der Waals surface area contributed by atoms with Crippen LogP contribution in [0, 0.1) is 6.92 Å². The maximum atomic E-state index is 12.2. The van der Waals surface area contributed by atoms with Crippen molar-refractivity contribution in [2.75, 3.05) is 6.54 Å². The Kier molecular flexibility index (Phi) is 7.01. The second-order valence-electron chi connectivity index (χ2n) is 5.98. The quantitative estimate of drug-likeness (QED) is 0.725. The van der Waals surface area contributed by atoms with Crippen LogP contribution in [-0.2, 0) is 13.1 Å². The third-order valence-electron chi connectivity index (χ3n) is 3.75. The van der Waals surface area contributed by atoms with Gasteiger partial charge >= 0.3 is 6.03 Å². The summed E-state index contributed by atoms with van der Waals surface area (Å²) < 4.78 is 0. The van der Waals surface area contributed by atoms with Gasteiger partial charge in [0, 0.05) is 25.2 Å². The van der Waals surface area contributed by atoms with Gasteiger partial charge in [-0.15, -0.1) is 0 Å². The van der Waals surface area contributed by atoms with E-state index in [2.05, 4.69) is 16.0 Å². The molecule has 0 aromatic heterocycles. The molecule has 0 aliphatic rings. The third-order valence-corrected chi connectivity index (χ3v) is 3.75. The summed E-state index contributed by atoms with van der Waals surface area (Å²) in [5.41, 5.74) is 3.76. The van der Waals surface area contributed by atoms with Gasteiger partial charge in [0.2, 0.25) is 0 Å². The topological polar surface area (TPSA) is 70.2 Å². The van der Waals surface area contributed by atoms with Gasteiger partial charge in [0.1, 0.15) is 0 Å². The van der Waals surface area contributed by atoms with Crippen molar-refractivity contribution in [3.63, 3.8) is 0 Å². The van der Waals surface area contributed by atoms with Gasteiger partial charge in [-0.3, -0.25) is 4.79 Å². The summed E-state index contributed by atoms with van der Waals surface area (Å²) in [5.74, 6) is -0.0949. The molecule has 25 heavy (non-hydrogen) atoms. The molecule has 2 aromatic rings. The maximum absolute atomic E-state index is 12.2. The highest BCUT2D eigenvalue weighted by Gasteiger charge is 2.05. The summed E-state index contributed by atoms with van der Waals surface area (Å²) in [4.78, 5) is 23.7. The van der Waals surface area contributed by atoms with E-state index in [-0.39, 0.29) is 11.9 Å². The van der Waals surface area contributed by atoms with E-state index in [9.17, 15) is 9.59 Å². The zero-order valence-corrected chi connectivity index (χ0v) is 14.8. The van der Waals surface area contributed by atoms with E-state index >= 15 is 0 Å². The van der Waals surface area contributed by atoms with Crippen molar-refractivity contribution in [2.24, 2.45) is 0 Å².